The monoisotopic (exact) mass is 284 g/mol. The molecule has 1 N–H and O–H groups in total. The summed E-state index contributed by atoms with van der Waals surface area (Å²) >= 11 is 6.14. The molecule has 1 aromatic carbocycles. The minimum atomic E-state index is -0.0505. The molecule has 0 fully saturated rings. The SMILES string of the molecule is COCCNCC(=O)N(C)C(C)c1ccccc1Cl. The van der Waals surface area contributed by atoms with Crippen LogP contribution in [0.1, 0.15) is 18.5 Å². The number of hydrogen-bond donors (Lipinski definition) is 1. The van der Waals surface area contributed by atoms with Crippen LogP contribution in [0.25, 0.3) is 0 Å². The molecule has 1 amide bonds. The summed E-state index contributed by atoms with van der Waals surface area (Å²) in [5.74, 6) is 0.0310. The number of hydrogen-bond acceptors (Lipinski definition) is 3. The van der Waals surface area contributed by atoms with Crippen molar-refractivity contribution in [2.24, 2.45) is 0 Å². The van der Waals surface area contributed by atoms with Crippen molar-refractivity contribution in [2.45, 2.75) is 13.0 Å². The molecule has 1 aromatic rings. The first kappa shape index (κ1) is 16.0. The van der Waals surface area contributed by atoms with E-state index >= 15 is 0 Å². The third-order valence-electron chi connectivity index (χ3n) is 3.09. The number of ether oxygens (including phenoxy) is 1. The lowest BCUT2D eigenvalue weighted by Gasteiger charge is -2.26. The van der Waals surface area contributed by atoms with Crippen LogP contribution in [0.3, 0.4) is 0 Å². The third kappa shape index (κ3) is 4.82. The second-order valence-electron chi connectivity index (χ2n) is 4.37. The van der Waals surface area contributed by atoms with Crippen molar-refractivity contribution in [3.8, 4) is 0 Å². The molecule has 106 valence electrons. The minimum Gasteiger partial charge on any atom is -0.383 e. The van der Waals surface area contributed by atoms with Gasteiger partial charge in [0.25, 0.3) is 0 Å². The number of nitrogens with one attached hydrogen (secondary N) is 1. The van der Waals surface area contributed by atoms with Gasteiger partial charge in [-0.2, -0.15) is 0 Å². The number of carbonyl (C=O) groups excluding carboxylic acids is 1. The number of rotatable bonds is 7. The molecule has 0 aliphatic heterocycles. The topological polar surface area (TPSA) is 41.6 Å². The number of amides is 1. The number of halogens is 1. The van der Waals surface area contributed by atoms with Crippen LogP contribution in [0.4, 0.5) is 0 Å². The fourth-order valence-corrected chi connectivity index (χ4v) is 2.03. The van der Waals surface area contributed by atoms with E-state index in [1.165, 1.54) is 0 Å². The second-order valence-corrected chi connectivity index (χ2v) is 4.78. The molecular weight excluding hydrogens is 264 g/mol. The minimum absolute atomic E-state index is 0.0310. The van der Waals surface area contributed by atoms with E-state index in [4.69, 9.17) is 16.3 Å². The molecule has 0 heterocycles. The molecule has 1 rings (SSSR count). The number of nitrogens with zero attached hydrogens (tertiary/aromatic N) is 1. The Morgan fingerprint density at radius 1 is 1.47 bits per heavy atom. The van der Waals surface area contributed by atoms with Gasteiger partial charge >= 0.3 is 0 Å². The largest absolute Gasteiger partial charge is 0.383 e. The van der Waals surface area contributed by atoms with Crippen LogP contribution in [0.5, 0.6) is 0 Å². The first-order valence-corrected chi connectivity index (χ1v) is 6.65. The lowest BCUT2D eigenvalue weighted by molar-refractivity contribution is -0.130. The van der Waals surface area contributed by atoms with Gasteiger partial charge in [-0.3, -0.25) is 4.79 Å². The Hall–Kier alpha value is -1.10. The summed E-state index contributed by atoms with van der Waals surface area (Å²) in [5.41, 5.74) is 0.955. The average Bonchev–Trinajstić information content (AvgIpc) is 2.42. The zero-order valence-corrected chi connectivity index (χ0v) is 12.4. The fourth-order valence-electron chi connectivity index (χ4n) is 1.73. The van der Waals surface area contributed by atoms with Gasteiger partial charge in [-0.05, 0) is 18.6 Å². The van der Waals surface area contributed by atoms with Gasteiger partial charge in [0, 0.05) is 25.7 Å². The van der Waals surface area contributed by atoms with Crippen molar-refractivity contribution in [3.05, 3.63) is 34.9 Å². The summed E-state index contributed by atoms with van der Waals surface area (Å²) in [6, 6.07) is 7.53. The maximum atomic E-state index is 12.0. The summed E-state index contributed by atoms with van der Waals surface area (Å²) in [5, 5.41) is 3.72. The molecule has 0 saturated carbocycles. The van der Waals surface area contributed by atoms with Crippen molar-refractivity contribution in [2.75, 3.05) is 33.9 Å². The number of methoxy groups -OCH3 is 1. The molecule has 0 spiro atoms. The highest BCUT2D eigenvalue weighted by Crippen LogP contribution is 2.25. The summed E-state index contributed by atoms with van der Waals surface area (Å²) in [4.78, 5) is 13.7. The van der Waals surface area contributed by atoms with Crippen molar-refractivity contribution < 1.29 is 9.53 Å². The molecule has 0 radical (unpaired) electrons. The maximum Gasteiger partial charge on any atom is 0.236 e. The standard InChI is InChI=1S/C14H21ClN2O2/c1-11(12-6-4-5-7-13(12)15)17(2)14(18)10-16-8-9-19-3/h4-7,11,16H,8-10H2,1-3H3. The molecule has 19 heavy (non-hydrogen) atoms. The summed E-state index contributed by atoms with van der Waals surface area (Å²) in [6.45, 7) is 3.52. The molecule has 0 aliphatic rings. The van der Waals surface area contributed by atoms with Gasteiger partial charge in [-0.25, -0.2) is 0 Å². The number of likely N-dealkylation sites (N-methyl/N-ethyl adjacent to an activating group) is 1. The smallest absolute Gasteiger partial charge is 0.236 e. The van der Waals surface area contributed by atoms with Crippen molar-refractivity contribution in [1.82, 2.24) is 10.2 Å². The van der Waals surface area contributed by atoms with Gasteiger partial charge in [0.2, 0.25) is 5.91 Å². The summed E-state index contributed by atoms with van der Waals surface area (Å²) in [7, 11) is 3.42. The Morgan fingerprint density at radius 3 is 2.79 bits per heavy atom. The number of benzene rings is 1. The lowest BCUT2D eigenvalue weighted by atomic mass is 10.1. The molecular formula is C14H21ClN2O2. The van der Waals surface area contributed by atoms with Crippen LogP contribution in [0, 0.1) is 0 Å². The normalized spacial score (nSPS) is 12.2. The molecule has 0 bridgehead atoms. The van der Waals surface area contributed by atoms with E-state index in [1.807, 2.05) is 31.2 Å². The van der Waals surface area contributed by atoms with Gasteiger partial charge < -0.3 is 15.0 Å². The van der Waals surface area contributed by atoms with Crippen LogP contribution in [0.2, 0.25) is 5.02 Å². The van der Waals surface area contributed by atoms with Crippen LogP contribution in [-0.2, 0) is 9.53 Å². The Balaban J connectivity index is 2.54. The van der Waals surface area contributed by atoms with Gasteiger partial charge in [0.15, 0.2) is 0 Å². The van der Waals surface area contributed by atoms with Crippen LogP contribution >= 0.6 is 11.6 Å². The van der Waals surface area contributed by atoms with Crippen LogP contribution in [-0.4, -0.2) is 44.7 Å². The van der Waals surface area contributed by atoms with Crippen LogP contribution in [0.15, 0.2) is 24.3 Å². The molecule has 5 heteroatoms. The third-order valence-corrected chi connectivity index (χ3v) is 3.43. The van der Waals surface area contributed by atoms with Gasteiger partial charge in [-0.15, -0.1) is 0 Å². The molecule has 1 unspecified atom stereocenters. The van der Waals surface area contributed by atoms with Crippen molar-refractivity contribution in [3.63, 3.8) is 0 Å². The zero-order valence-electron chi connectivity index (χ0n) is 11.6. The molecule has 0 aromatic heterocycles. The molecule has 0 aliphatic carbocycles. The van der Waals surface area contributed by atoms with E-state index in [9.17, 15) is 4.79 Å². The summed E-state index contributed by atoms with van der Waals surface area (Å²) in [6.07, 6.45) is 0. The zero-order chi connectivity index (χ0) is 14.3. The molecule has 1 atom stereocenters. The first-order chi connectivity index (χ1) is 9.07. The predicted octanol–water partition coefficient (Wildman–Crippen LogP) is 2.10. The lowest BCUT2D eigenvalue weighted by Crippen LogP contribution is -2.38. The summed E-state index contributed by atoms with van der Waals surface area (Å²) < 4.78 is 4.91. The number of carbonyl (C=O) groups is 1. The molecule has 0 saturated heterocycles. The highest BCUT2D eigenvalue weighted by Gasteiger charge is 2.18. The van der Waals surface area contributed by atoms with E-state index in [-0.39, 0.29) is 11.9 Å². The maximum absolute atomic E-state index is 12.0. The second kappa shape index (κ2) is 8.15. The Bertz CT molecular complexity index is 412. The van der Waals surface area contributed by atoms with Crippen molar-refractivity contribution in [1.29, 1.82) is 0 Å². The van der Waals surface area contributed by atoms with Gasteiger partial charge in [-0.1, -0.05) is 29.8 Å². The predicted molar refractivity (Wildman–Crippen MR) is 77.4 cm³/mol. The Labute approximate surface area is 119 Å². The van der Waals surface area contributed by atoms with E-state index in [0.717, 1.165) is 5.56 Å². The Kier molecular flexibility index (Phi) is 6.84. The van der Waals surface area contributed by atoms with Crippen LogP contribution < -0.4 is 5.32 Å². The first-order valence-electron chi connectivity index (χ1n) is 6.27. The average molecular weight is 285 g/mol. The van der Waals surface area contributed by atoms with Gasteiger partial charge in [0.05, 0.1) is 19.2 Å². The van der Waals surface area contributed by atoms with E-state index in [0.29, 0.717) is 24.7 Å². The van der Waals surface area contributed by atoms with Crippen molar-refractivity contribution >= 4 is 17.5 Å². The van der Waals surface area contributed by atoms with E-state index in [1.54, 1.807) is 19.1 Å². The van der Waals surface area contributed by atoms with E-state index in [2.05, 4.69) is 5.32 Å². The fraction of sp³-hybridized carbons (Fsp3) is 0.500. The highest BCUT2D eigenvalue weighted by atomic mass is 35.5. The highest BCUT2D eigenvalue weighted by molar-refractivity contribution is 6.31. The molecule has 4 nitrogen and oxygen atoms in total. The van der Waals surface area contributed by atoms with Gasteiger partial charge in [0.1, 0.15) is 0 Å². The quantitative estimate of drug-likeness (QED) is 0.780. The Morgan fingerprint density at radius 2 is 2.16 bits per heavy atom. The van der Waals surface area contributed by atoms with E-state index < -0.39 is 0 Å².